The zero-order chi connectivity index (χ0) is 8.65. The van der Waals surface area contributed by atoms with Crippen LogP contribution in [0.5, 0.6) is 0 Å². The number of aliphatic hydroxyl groups excluding tert-OH is 1. The van der Waals surface area contributed by atoms with Crippen LogP contribution in [0.1, 0.15) is 40.5 Å². The number of rotatable bonds is 1. The molecule has 1 aliphatic carbocycles. The van der Waals surface area contributed by atoms with E-state index in [2.05, 4.69) is 27.7 Å². The summed E-state index contributed by atoms with van der Waals surface area (Å²) in [5.74, 6) is 1.20. The van der Waals surface area contributed by atoms with Gasteiger partial charge in [0.25, 0.3) is 0 Å². The highest BCUT2D eigenvalue weighted by molar-refractivity contribution is 4.91. The third-order valence-corrected chi connectivity index (χ3v) is 3.51. The lowest BCUT2D eigenvalue weighted by molar-refractivity contribution is 0.126. The van der Waals surface area contributed by atoms with E-state index in [1.807, 2.05) is 0 Å². The van der Waals surface area contributed by atoms with Gasteiger partial charge in [0, 0.05) is 0 Å². The molecular formula is C10H20O. The average molecular weight is 156 g/mol. The Balaban J connectivity index is 2.64. The molecule has 1 rings (SSSR count). The molecule has 0 bridgehead atoms. The van der Waals surface area contributed by atoms with Crippen LogP contribution >= 0.6 is 0 Å². The van der Waals surface area contributed by atoms with Gasteiger partial charge in [0.2, 0.25) is 0 Å². The standard InChI is InChI=1S/C10H20O/c1-7(2)10(4)5-8(3)9(11)6-10/h7-9,11H,5-6H2,1-4H3. The first-order chi connectivity index (χ1) is 4.96. The van der Waals surface area contributed by atoms with Gasteiger partial charge in [-0.2, -0.15) is 0 Å². The predicted octanol–water partition coefficient (Wildman–Crippen LogP) is 2.44. The summed E-state index contributed by atoms with van der Waals surface area (Å²) in [5, 5.41) is 9.58. The van der Waals surface area contributed by atoms with Crippen molar-refractivity contribution in [3.8, 4) is 0 Å². The van der Waals surface area contributed by atoms with Crippen LogP contribution in [0.3, 0.4) is 0 Å². The Kier molecular flexibility index (Phi) is 2.29. The van der Waals surface area contributed by atoms with Crippen LogP contribution in [0, 0.1) is 17.3 Å². The SMILES string of the molecule is CC1CC(C)(C(C)C)CC1O. The maximum Gasteiger partial charge on any atom is 0.0571 e. The van der Waals surface area contributed by atoms with Crippen LogP contribution in [0.4, 0.5) is 0 Å². The second-order valence-corrected chi connectivity index (χ2v) is 4.76. The van der Waals surface area contributed by atoms with Crippen molar-refractivity contribution >= 4 is 0 Å². The molecule has 0 heterocycles. The minimum Gasteiger partial charge on any atom is -0.393 e. The van der Waals surface area contributed by atoms with Crippen LogP contribution in [0.2, 0.25) is 0 Å². The molecule has 0 radical (unpaired) electrons. The van der Waals surface area contributed by atoms with Crippen molar-refractivity contribution in [3.63, 3.8) is 0 Å². The largest absolute Gasteiger partial charge is 0.393 e. The molecule has 11 heavy (non-hydrogen) atoms. The third kappa shape index (κ3) is 1.58. The van der Waals surface area contributed by atoms with Crippen LogP contribution in [-0.4, -0.2) is 11.2 Å². The first-order valence-corrected chi connectivity index (χ1v) is 4.64. The fraction of sp³-hybridized carbons (Fsp3) is 1.00. The van der Waals surface area contributed by atoms with E-state index in [0.717, 1.165) is 6.42 Å². The summed E-state index contributed by atoms with van der Waals surface area (Å²) >= 11 is 0. The third-order valence-electron chi connectivity index (χ3n) is 3.51. The molecule has 0 spiro atoms. The summed E-state index contributed by atoms with van der Waals surface area (Å²) in [7, 11) is 0. The predicted molar refractivity (Wildman–Crippen MR) is 47.3 cm³/mol. The second-order valence-electron chi connectivity index (χ2n) is 4.76. The van der Waals surface area contributed by atoms with Crippen molar-refractivity contribution < 1.29 is 5.11 Å². The van der Waals surface area contributed by atoms with E-state index in [0.29, 0.717) is 17.3 Å². The van der Waals surface area contributed by atoms with Gasteiger partial charge >= 0.3 is 0 Å². The smallest absolute Gasteiger partial charge is 0.0571 e. The molecule has 0 aromatic heterocycles. The van der Waals surface area contributed by atoms with Gasteiger partial charge in [0.05, 0.1) is 6.10 Å². The molecule has 1 heteroatoms. The van der Waals surface area contributed by atoms with Crippen molar-refractivity contribution in [2.75, 3.05) is 0 Å². The lowest BCUT2D eigenvalue weighted by Crippen LogP contribution is -2.20. The summed E-state index contributed by atoms with van der Waals surface area (Å²) in [5.41, 5.74) is 0.388. The Morgan fingerprint density at radius 1 is 1.36 bits per heavy atom. The molecule has 1 saturated carbocycles. The quantitative estimate of drug-likeness (QED) is 0.618. The molecule has 66 valence electrons. The van der Waals surface area contributed by atoms with Crippen molar-refractivity contribution in [1.82, 2.24) is 0 Å². The highest BCUT2D eigenvalue weighted by Gasteiger charge is 2.40. The molecule has 0 aromatic carbocycles. The molecule has 0 saturated heterocycles. The maximum atomic E-state index is 9.58. The maximum absolute atomic E-state index is 9.58. The fourth-order valence-electron chi connectivity index (χ4n) is 2.11. The van der Waals surface area contributed by atoms with Crippen LogP contribution in [0.25, 0.3) is 0 Å². The Labute approximate surface area is 69.8 Å². The molecule has 3 atom stereocenters. The normalized spacial score (nSPS) is 45.3. The zero-order valence-electron chi connectivity index (χ0n) is 8.09. The molecule has 0 aliphatic heterocycles. The van der Waals surface area contributed by atoms with E-state index in [1.54, 1.807) is 0 Å². The van der Waals surface area contributed by atoms with Gasteiger partial charge in [-0.25, -0.2) is 0 Å². The Morgan fingerprint density at radius 3 is 2.09 bits per heavy atom. The Morgan fingerprint density at radius 2 is 1.91 bits per heavy atom. The molecule has 1 fully saturated rings. The highest BCUT2D eigenvalue weighted by Crippen LogP contribution is 2.46. The lowest BCUT2D eigenvalue weighted by Gasteiger charge is -2.28. The van der Waals surface area contributed by atoms with Gasteiger partial charge in [-0.15, -0.1) is 0 Å². The Bertz CT molecular complexity index is 130. The first-order valence-electron chi connectivity index (χ1n) is 4.64. The van der Waals surface area contributed by atoms with Gasteiger partial charge in [-0.05, 0) is 30.1 Å². The van der Waals surface area contributed by atoms with E-state index in [9.17, 15) is 5.11 Å². The van der Waals surface area contributed by atoms with Crippen LogP contribution in [0.15, 0.2) is 0 Å². The van der Waals surface area contributed by atoms with Crippen molar-refractivity contribution in [1.29, 1.82) is 0 Å². The van der Waals surface area contributed by atoms with Gasteiger partial charge in [0.1, 0.15) is 0 Å². The Hall–Kier alpha value is -0.0400. The molecular weight excluding hydrogens is 136 g/mol. The van der Waals surface area contributed by atoms with E-state index >= 15 is 0 Å². The number of hydrogen-bond donors (Lipinski definition) is 1. The summed E-state index contributed by atoms with van der Waals surface area (Å²) in [6, 6.07) is 0. The summed E-state index contributed by atoms with van der Waals surface area (Å²) in [4.78, 5) is 0. The molecule has 0 amide bonds. The lowest BCUT2D eigenvalue weighted by atomic mass is 9.77. The van der Waals surface area contributed by atoms with E-state index in [4.69, 9.17) is 0 Å². The fourth-order valence-corrected chi connectivity index (χ4v) is 2.11. The minimum absolute atomic E-state index is 0.0533. The van der Waals surface area contributed by atoms with Crippen molar-refractivity contribution in [3.05, 3.63) is 0 Å². The summed E-state index contributed by atoms with van der Waals surface area (Å²) in [6.07, 6.45) is 2.12. The zero-order valence-corrected chi connectivity index (χ0v) is 8.09. The van der Waals surface area contributed by atoms with Crippen LogP contribution < -0.4 is 0 Å². The molecule has 1 aliphatic rings. The highest BCUT2D eigenvalue weighted by atomic mass is 16.3. The average Bonchev–Trinajstić information content (AvgIpc) is 2.09. The number of aliphatic hydroxyl groups is 1. The van der Waals surface area contributed by atoms with E-state index in [1.165, 1.54) is 6.42 Å². The summed E-state index contributed by atoms with van der Waals surface area (Å²) < 4.78 is 0. The monoisotopic (exact) mass is 156 g/mol. The van der Waals surface area contributed by atoms with E-state index < -0.39 is 0 Å². The summed E-state index contributed by atoms with van der Waals surface area (Å²) in [6.45, 7) is 8.96. The minimum atomic E-state index is -0.0533. The molecule has 3 unspecified atom stereocenters. The van der Waals surface area contributed by atoms with Crippen molar-refractivity contribution in [2.45, 2.75) is 46.6 Å². The second kappa shape index (κ2) is 2.78. The molecule has 1 nitrogen and oxygen atoms in total. The van der Waals surface area contributed by atoms with Gasteiger partial charge < -0.3 is 5.11 Å². The van der Waals surface area contributed by atoms with Gasteiger partial charge in [-0.3, -0.25) is 0 Å². The van der Waals surface area contributed by atoms with Crippen LogP contribution in [-0.2, 0) is 0 Å². The number of hydrogen-bond acceptors (Lipinski definition) is 1. The topological polar surface area (TPSA) is 20.2 Å². The first kappa shape index (κ1) is 9.05. The van der Waals surface area contributed by atoms with E-state index in [-0.39, 0.29) is 6.10 Å². The molecule has 1 N–H and O–H groups in total. The van der Waals surface area contributed by atoms with Crippen molar-refractivity contribution in [2.24, 2.45) is 17.3 Å². The van der Waals surface area contributed by atoms with Gasteiger partial charge in [0.15, 0.2) is 0 Å². The van der Waals surface area contributed by atoms with Gasteiger partial charge in [-0.1, -0.05) is 27.7 Å². The molecule has 0 aromatic rings.